The lowest BCUT2D eigenvalue weighted by molar-refractivity contribution is 0.238. The van der Waals surface area contributed by atoms with Crippen molar-refractivity contribution in [1.82, 2.24) is 5.32 Å². The van der Waals surface area contributed by atoms with Gasteiger partial charge in [-0.2, -0.15) is 0 Å². The van der Waals surface area contributed by atoms with Gasteiger partial charge in [0.1, 0.15) is 0 Å². The van der Waals surface area contributed by atoms with Crippen molar-refractivity contribution >= 4 is 12.4 Å². The second-order valence-electron chi connectivity index (χ2n) is 5.04. The molecule has 0 radical (unpaired) electrons. The molecule has 2 heteroatoms. The zero-order valence-corrected chi connectivity index (χ0v) is 11.8. The molecule has 2 rings (SSSR count). The largest absolute Gasteiger partial charge is 0.308 e. The highest BCUT2D eigenvalue weighted by Gasteiger charge is 2.32. The van der Waals surface area contributed by atoms with Gasteiger partial charge >= 0.3 is 0 Å². The molecule has 0 bridgehead atoms. The van der Waals surface area contributed by atoms with Gasteiger partial charge in [-0.25, -0.2) is 0 Å². The minimum atomic E-state index is 0. The van der Waals surface area contributed by atoms with Crippen LogP contribution in [0.5, 0.6) is 0 Å². The molecule has 0 spiro atoms. The number of hydrogen-bond donors (Lipinski definition) is 1. The maximum atomic E-state index is 3.73. The summed E-state index contributed by atoms with van der Waals surface area (Å²) in [6, 6.07) is 9.10. The van der Waals surface area contributed by atoms with Crippen LogP contribution in [0.3, 0.4) is 0 Å². The van der Waals surface area contributed by atoms with E-state index in [1.165, 1.54) is 43.2 Å². The average molecular weight is 254 g/mol. The molecule has 0 unspecified atom stereocenters. The summed E-state index contributed by atoms with van der Waals surface area (Å²) >= 11 is 0. The van der Waals surface area contributed by atoms with Crippen LogP contribution >= 0.6 is 12.4 Å². The molecule has 17 heavy (non-hydrogen) atoms. The number of nitrogens with one attached hydrogen (secondary N) is 1. The van der Waals surface area contributed by atoms with Crippen molar-refractivity contribution in [3.05, 3.63) is 35.4 Å². The van der Waals surface area contributed by atoms with Crippen LogP contribution in [0, 0.1) is 6.92 Å². The molecule has 0 amide bonds. The summed E-state index contributed by atoms with van der Waals surface area (Å²) in [5.74, 6) is 0. The van der Waals surface area contributed by atoms with Crippen molar-refractivity contribution in [1.29, 1.82) is 0 Å². The van der Waals surface area contributed by atoms with Gasteiger partial charge in [0.15, 0.2) is 0 Å². The summed E-state index contributed by atoms with van der Waals surface area (Å²) in [6.45, 7) is 5.43. The average Bonchev–Trinajstić information content (AvgIpc) is 2.31. The maximum Gasteiger partial charge on any atom is 0.0434 e. The van der Waals surface area contributed by atoms with E-state index >= 15 is 0 Å². The Morgan fingerprint density at radius 1 is 1.06 bits per heavy atom. The van der Waals surface area contributed by atoms with Crippen molar-refractivity contribution < 1.29 is 0 Å². The Morgan fingerprint density at radius 3 is 2.18 bits per heavy atom. The predicted molar refractivity (Wildman–Crippen MR) is 76.9 cm³/mol. The van der Waals surface area contributed by atoms with Gasteiger partial charge in [-0.05, 0) is 31.9 Å². The number of benzene rings is 1. The first-order valence-electron chi connectivity index (χ1n) is 6.59. The standard InChI is InChI=1S/C15H23N.ClH/c1-3-16-15(11-5-4-6-12-15)14-9-7-13(2)8-10-14;/h7-10,16H,3-6,11-12H2,1-2H3;1H. The molecule has 1 aliphatic rings. The Morgan fingerprint density at radius 2 is 1.65 bits per heavy atom. The van der Waals surface area contributed by atoms with E-state index in [1.807, 2.05) is 0 Å². The topological polar surface area (TPSA) is 12.0 Å². The second kappa shape index (κ2) is 6.42. The maximum absolute atomic E-state index is 3.73. The highest BCUT2D eigenvalue weighted by Crippen LogP contribution is 2.37. The van der Waals surface area contributed by atoms with E-state index in [1.54, 1.807) is 0 Å². The zero-order chi connectivity index (χ0) is 11.4. The van der Waals surface area contributed by atoms with E-state index in [0.29, 0.717) is 0 Å². The van der Waals surface area contributed by atoms with E-state index in [9.17, 15) is 0 Å². The number of halogens is 1. The Labute approximate surface area is 111 Å². The van der Waals surface area contributed by atoms with Gasteiger partial charge in [-0.15, -0.1) is 12.4 Å². The summed E-state index contributed by atoms with van der Waals surface area (Å²) in [7, 11) is 0. The van der Waals surface area contributed by atoms with E-state index < -0.39 is 0 Å². The summed E-state index contributed by atoms with van der Waals surface area (Å²) in [5.41, 5.74) is 3.10. The van der Waals surface area contributed by atoms with E-state index in [0.717, 1.165) is 6.54 Å². The fourth-order valence-electron chi connectivity index (χ4n) is 2.93. The van der Waals surface area contributed by atoms with Crippen molar-refractivity contribution in [3.63, 3.8) is 0 Å². The van der Waals surface area contributed by atoms with Gasteiger partial charge in [0.2, 0.25) is 0 Å². The predicted octanol–water partition coefficient (Wildman–Crippen LogP) is 4.19. The second-order valence-corrected chi connectivity index (χ2v) is 5.04. The first kappa shape index (κ1) is 14.5. The van der Waals surface area contributed by atoms with Gasteiger partial charge in [0.05, 0.1) is 0 Å². The summed E-state index contributed by atoms with van der Waals surface area (Å²) in [5, 5.41) is 3.73. The van der Waals surface area contributed by atoms with Crippen LogP contribution in [-0.4, -0.2) is 6.54 Å². The normalized spacial score (nSPS) is 18.5. The van der Waals surface area contributed by atoms with Crippen molar-refractivity contribution in [2.45, 2.75) is 51.5 Å². The molecular weight excluding hydrogens is 230 g/mol. The van der Waals surface area contributed by atoms with Gasteiger partial charge in [0, 0.05) is 5.54 Å². The summed E-state index contributed by atoms with van der Waals surface area (Å²) in [4.78, 5) is 0. The van der Waals surface area contributed by atoms with Crippen LogP contribution in [-0.2, 0) is 5.54 Å². The van der Waals surface area contributed by atoms with Crippen LogP contribution in [0.4, 0.5) is 0 Å². The summed E-state index contributed by atoms with van der Waals surface area (Å²) in [6.07, 6.45) is 6.72. The number of hydrogen-bond acceptors (Lipinski definition) is 1. The van der Waals surface area contributed by atoms with Gasteiger partial charge in [-0.3, -0.25) is 0 Å². The number of rotatable bonds is 3. The molecule has 1 aromatic carbocycles. The van der Waals surface area contributed by atoms with Gasteiger partial charge < -0.3 is 5.32 Å². The highest BCUT2D eigenvalue weighted by molar-refractivity contribution is 5.85. The fraction of sp³-hybridized carbons (Fsp3) is 0.600. The van der Waals surface area contributed by atoms with Gasteiger partial charge in [0.25, 0.3) is 0 Å². The molecule has 1 saturated carbocycles. The van der Waals surface area contributed by atoms with E-state index in [-0.39, 0.29) is 17.9 Å². The molecule has 1 aromatic rings. The first-order valence-corrected chi connectivity index (χ1v) is 6.59. The van der Waals surface area contributed by atoms with Crippen molar-refractivity contribution in [2.75, 3.05) is 6.54 Å². The minimum absolute atomic E-state index is 0. The molecule has 0 heterocycles. The molecule has 0 aromatic heterocycles. The third-order valence-corrected chi connectivity index (χ3v) is 3.83. The molecule has 96 valence electrons. The Hall–Kier alpha value is -0.530. The van der Waals surface area contributed by atoms with Gasteiger partial charge in [-0.1, -0.05) is 56.0 Å². The van der Waals surface area contributed by atoms with Crippen LogP contribution in [0.1, 0.15) is 50.2 Å². The fourth-order valence-corrected chi connectivity index (χ4v) is 2.93. The Bertz CT molecular complexity index is 320. The van der Waals surface area contributed by atoms with Crippen molar-refractivity contribution in [3.8, 4) is 0 Å². The lowest BCUT2D eigenvalue weighted by atomic mass is 9.76. The molecule has 0 atom stereocenters. The monoisotopic (exact) mass is 253 g/mol. The van der Waals surface area contributed by atoms with Crippen LogP contribution in [0.25, 0.3) is 0 Å². The SMILES string of the molecule is CCNC1(c2ccc(C)cc2)CCCCC1.Cl. The molecular formula is C15H24ClN. The molecule has 1 aliphatic carbocycles. The summed E-state index contributed by atoms with van der Waals surface area (Å²) < 4.78 is 0. The third kappa shape index (κ3) is 3.23. The Kier molecular flexibility index (Phi) is 5.48. The lowest BCUT2D eigenvalue weighted by Gasteiger charge is -2.39. The third-order valence-electron chi connectivity index (χ3n) is 3.83. The van der Waals surface area contributed by atoms with Crippen LogP contribution in [0.2, 0.25) is 0 Å². The Balaban J connectivity index is 0.00000144. The molecule has 1 fully saturated rings. The lowest BCUT2D eigenvalue weighted by Crippen LogP contribution is -2.43. The first-order chi connectivity index (χ1) is 7.77. The number of aryl methyl sites for hydroxylation is 1. The molecule has 0 aliphatic heterocycles. The highest BCUT2D eigenvalue weighted by atomic mass is 35.5. The van der Waals surface area contributed by atoms with E-state index in [2.05, 4.69) is 43.4 Å². The molecule has 1 N–H and O–H groups in total. The zero-order valence-electron chi connectivity index (χ0n) is 11.0. The smallest absolute Gasteiger partial charge is 0.0434 e. The quantitative estimate of drug-likeness (QED) is 0.852. The van der Waals surface area contributed by atoms with E-state index in [4.69, 9.17) is 0 Å². The molecule has 0 saturated heterocycles. The minimum Gasteiger partial charge on any atom is -0.308 e. The molecule has 1 nitrogen and oxygen atoms in total. The van der Waals surface area contributed by atoms with Crippen molar-refractivity contribution in [2.24, 2.45) is 0 Å². The van der Waals surface area contributed by atoms with Crippen LogP contribution < -0.4 is 5.32 Å². The van der Waals surface area contributed by atoms with Crippen LogP contribution in [0.15, 0.2) is 24.3 Å².